The van der Waals surface area contributed by atoms with E-state index in [9.17, 15) is 29.7 Å². The van der Waals surface area contributed by atoms with Crippen LogP contribution in [0.3, 0.4) is 0 Å². The van der Waals surface area contributed by atoms with E-state index in [1.807, 2.05) is 4.98 Å². The number of aromatic amines is 1. The Labute approximate surface area is 137 Å². The standard InChI is InChI=1S/C12H15IN2O7/c1-2-4(16)7(18)10-8(19)9(20)11(22-10)15-5(13)3-6(17)14-12(15)21/h3,7-11,18-20H,2H2,1H3,(H,14,17,21)/t7?,8-,9+,10+,11+/m0/s1. The summed E-state index contributed by atoms with van der Waals surface area (Å²) in [7, 11) is 0. The number of ketones is 1. The second-order valence-electron chi connectivity index (χ2n) is 4.87. The molecule has 1 unspecified atom stereocenters. The molecule has 1 saturated heterocycles. The molecule has 1 aromatic heterocycles. The zero-order chi connectivity index (χ0) is 16.6. The van der Waals surface area contributed by atoms with Crippen LogP contribution in [-0.2, 0) is 9.53 Å². The summed E-state index contributed by atoms with van der Waals surface area (Å²) in [6.07, 6.45) is -7.36. The molecule has 0 aromatic carbocycles. The molecule has 0 spiro atoms. The Morgan fingerprint density at radius 3 is 2.64 bits per heavy atom. The fourth-order valence-electron chi connectivity index (χ4n) is 2.27. The fourth-order valence-corrected chi connectivity index (χ4v) is 3.04. The van der Waals surface area contributed by atoms with Gasteiger partial charge >= 0.3 is 5.69 Å². The lowest BCUT2D eigenvalue weighted by Gasteiger charge is -2.20. The van der Waals surface area contributed by atoms with Gasteiger partial charge in [-0.3, -0.25) is 19.1 Å². The predicted molar refractivity (Wildman–Crippen MR) is 81.3 cm³/mol. The van der Waals surface area contributed by atoms with Gasteiger partial charge in [-0.25, -0.2) is 4.79 Å². The van der Waals surface area contributed by atoms with Gasteiger partial charge in [0.15, 0.2) is 12.0 Å². The molecule has 1 aliphatic heterocycles. The molecule has 22 heavy (non-hydrogen) atoms. The number of ether oxygens (including phenoxy) is 1. The topological polar surface area (TPSA) is 142 Å². The summed E-state index contributed by atoms with van der Waals surface area (Å²) >= 11 is 1.70. The van der Waals surface area contributed by atoms with Crippen molar-refractivity contribution in [2.75, 3.05) is 0 Å². The first kappa shape index (κ1) is 17.3. The number of H-pyrrole nitrogens is 1. The maximum atomic E-state index is 11.9. The first-order valence-electron chi connectivity index (χ1n) is 6.51. The number of aliphatic hydroxyl groups is 3. The zero-order valence-electron chi connectivity index (χ0n) is 11.5. The molecule has 2 heterocycles. The van der Waals surface area contributed by atoms with E-state index in [1.54, 1.807) is 22.6 Å². The van der Waals surface area contributed by atoms with Crippen molar-refractivity contribution in [2.24, 2.45) is 0 Å². The van der Waals surface area contributed by atoms with Gasteiger partial charge in [-0.05, 0) is 22.6 Å². The summed E-state index contributed by atoms with van der Waals surface area (Å²) in [6.45, 7) is 1.54. The van der Waals surface area contributed by atoms with Gasteiger partial charge in [-0.1, -0.05) is 6.92 Å². The number of rotatable bonds is 4. The van der Waals surface area contributed by atoms with Gasteiger partial charge in [0.1, 0.15) is 24.4 Å². The van der Waals surface area contributed by atoms with Gasteiger partial charge in [-0.15, -0.1) is 0 Å². The quantitative estimate of drug-likeness (QED) is 0.326. The molecule has 1 fully saturated rings. The van der Waals surface area contributed by atoms with E-state index in [0.717, 1.165) is 10.6 Å². The summed E-state index contributed by atoms with van der Waals surface area (Å²) in [5, 5.41) is 29.9. The molecule has 9 nitrogen and oxygen atoms in total. The third kappa shape index (κ3) is 3.01. The van der Waals surface area contributed by atoms with Gasteiger partial charge in [0.25, 0.3) is 5.56 Å². The lowest BCUT2D eigenvalue weighted by Crippen LogP contribution is -2.42. The maximum absolute atomic E-state index is 11.9. The largest absolute Gasteiger partial charge is 0.387 e. The van der Waals surface area contributed by atoms with E-state index in [1.165, 1.54) is 6.92 Å². The average molecular weight is 426 g/mol. The molecule has 0 bridgehead atoms. The normalized spacial score (nSPS) is 29.5. The molecule has 0 amide bonds. The van der Waals surface area contributed by atoms with Crippen LogP contribution in [-0.4, -0.2) is 55.1 Å². The lowest BCUT2D eigenvalue weighted by atomic mass is 10.0. The van der Waals surface area contributed by atoms with Crippen molar-refractivity contribution in [3.8, 4) is 0 Å². The Kier molecular flexibility index (Phi) is 5.17. The Bertz CT molecular complexity index is 685. The minimum Gasteiger partial charge on any atom is -0.387 e. The second kappa shape index (κ2) is 6.58. The number of hydrogen-bond acceptors (Lipinski definition) is 7. The Morgan fingerprint density at radius 2 is 2.09 bits per heavy atom. The highest BCUT2D eigenvalue weighted by Crippen LogP contribution is 2.31. The zero-order valence-corrected chi connectivity index (χ0v) is 13.6. The minimum atomic E-state index is -1.62. The summed E-state index contributed by atoms with van der Waals surface area (Å²) < 4.78 is 6.45. The highest BCUT2D eigenvalue weighted by Gasteiger charge is 2.49. The molecule has 122 valence electrons. The molecular weight excluding hydrogens is 411 g/mol. The van der Waals surface area contributed by atoms with E-state index in [2.05, 4.69) is 0 Å². The lowest BCUT2D eigenvalue weighted by molar-refractivity contribution is -0.141. The van der Waals surface area contributed by atoms with Crippen molar-refractivity contribution >= 4 is 28.4 Å². The van der Waals surface area contributed by atoms with Crippen LogP contribution in [0.4, 0.5) is 0 Å². The van der Waals surface area contributed by atoms with Crippen molar-refractivity contribution < 1.29 is 24.9 Å². The van der Waals surface area contributed by atoms with Gasteiger partial charge in [0.05, 0.1) is 3.70 Å². The van der Waals surface area contributed by atoms with Crippen LogP contribution in [0, 0.1) is 3.70 Å². The molecule has 2 rings (SSSR count). The number of aromatic nitrogens is 2. The average Bonchev–Trinajstić information content (AvgIpc) is 2.73. The summed E-state index contributed by atoms with van der Waals surface area (Å²) in [5.74, 6) is -0.555. The minimum absolute atomic E-state index is 0.0324. The molecule has 0 radical (unpaired) electrons. The Balaban J connectivity index is 2.37. The summed E-state index contributed by atoms with van der Waals surface area (Å²) in [6, 6.07) is 1.12. The van der Waals surface area contributed by atoms with E-state index >= 15 is 0 Å². The van der Waals surface area contributed by atoms with Crippen molar-refractivity contribution in [2.45, 2.75) is 44.0 Å². The SMILES string of the molecule is CCC(=O)C(O)[C@H]1O[C@@H](n2c(I)cc(=O)[nH]c2=O)[C@H](O)[C@@H]1O. The van der Waals surface area contributed by atoms with Crippen molar-refractivity contribution in [1.82, 2.24) is 9.55 Å². The molecule has 1 aromatic rings. The van der Waals surface area contributed by atoms with E-state index in [-0.39, 0.29) is 10.1 Å². The van der Waals surface area contributed by atoms with Crippen LogP contribution in [0.25, 0.3) is 0 Å². The number of nitrogens with zero attached hydrogens (tertiary/aromatic N) is 1. The molecule has 10 heteroatoms. The van der Waals surface area contributed by atoms with Crippen LogP contribution in [0.2, 0.25) is 0 Å². The summed E-state index contributed by atoms with van der Waals surface area (Å²) in [4.78, 5) is 36.6. The number of halogens is 1. The molecule has 4 N–H and O–H groups in total. The highest BCUT2D eigenvalue weighted by molar-refractivity contribution is 14.1. The van der Waals surface area contributed by atoms with Gasteiger partial charge in [-0.2, -0.15) is 0 Å². The van der Waals surface area contributed by atoms with Crippen molar-refractivity contribution in [3.05, 3.63) is 30.6 Å². The third-order valence-corrected chi connectivity index (χ3v) is 4.28. The van der Waals surface area contributed by atoms with Crippen LogP contribution in [0.1, 0.15) is 19.6 Å². The van der Waals surface area contributed by atoms with Gasteiger partial charge < -0.3 is 20.1 Å². The third-order valence-electron chi connectivity index (χ3n) is 3.45. The van der Waals surface area contributed by atoms with Crippen molar-refractivity contribution in [3.63, 3.8) is 0 Å². The first-order valence-corrected chi connectivity index (χ1v) is 7.59. The smallest absolute Gasteiger partial charge is 0.331 e. The van der Waals surface area contributed by atoms with E-state index < -0.39 is 47.7 Å². The first-order chi connectivity index (χ1) is 10.3. The molecule has 0 aliphatic carbocycles. The van der Waals surface area contributed by atoms with Crippen LogP contribution in [0.5, 0.6) is 0 Å². The number of Topliss-reactive ketones (excluding diaryl/α,β-unsaturated/α-hetero) is 1. The molecule has 1 aliphatic rings. The van der Waals surface area contributed by atoms with Crippen LogP contribution in [0.15, 0.2) is 15.7 Å². The Hall–Kier alpha value is -1.08. The maximum Gasteiger partial charge on any atom is 0.331 e. The van der Waals surface area contributed by atoms with Crippen LogP contribution >= 0.6 is 22.6 Å². The fraction of sp³-hybridized carbons (Fsp3) is 0.583. The molecular formula is C12H15IN2O7. The predicted octanol–water partition coefficient (Wildman–Crippen LogP) is -1.90. The number of carbonyl (C=O) groups is 1. The molecule has 5 atom stereocenters. The van der Waals surface area contributed by atoms with Gasteiger partial charge in [0, 0.05) is 12.5 Å². The highest BCUT2D eigenvalue weighted by atomic mass is 127. The number of aliphatic hydroxyl groups excluding tert-OH is 3. The summed E-state index contributed by atoms with van der Waals surface area (Å²) in [5.41, 5.74) is -1.44. The second-order valence-corrected chi connectivity index (χ2v) is 5.97. The van der Waals surface area contributed by atoms with Gasteiger partial charge in [0.2, 0.25) is 0 Å². The number of hydrogen-bond donors (Lipinski definition) is 4. The van der Waals surface area contributed by atoms with Crippen molar-refractivity contribution in [1.29, 1.82) is 0 Å². The van der Waals surface area contributed by atoms with E-state index in [0.29, 0.717) is 0 Å². The monoisotopic (exact) mass is 426 g/mol. The molecule has 0 saturated carbocycles. The number of carbonyl (C=O) groups excluding carboxylic acids is 1. The Morgan fingerprint density at radius 1 is 1.45 bits per heavy atom. The van der Waals surface area contributed by atoms with E-state index in [4.69, 9.17) is 4.74 Å². The number of nitrogens with one attached hydrogen (secondary N) is 1. The van der Waals surface area contributed by atoms with Crippen LogP contribution < -0.4 is 11.2 Å².